The van der Waals surface area contributed by atoms with Gasteiger partial charge in [0.2, 0.25) is 0 Å². The van der Waals surface area contributed by atoms with E-state index in [1.807, 2.05) is 24.3 Å². The zero-order chi connectivity index (χ0) is 16.5. The summed E-state index contributed by atoms with van der Waals surface area (Å²) in [5.41, 5.74) is 2.04. The number of aryl methyl sites for hydroxylation is 1. The smallest absolute Gasteiger partial charge is 0.188 e. The van der Waals surface area contributed by atoms with Crippen LogP contribution in [0.4, 0.5) is 0 Å². The van der Waals surface area contributed by atoms with Crippen LogP contribution in [0.3, 0.4) is 0 Å². The summed E-state index contributed by atoms with van der Waals surface area (Å²) in [7, 11) is -3.55. The molecule has 23 heavy (non-hydrogen) atoms. The molecule has 2 nitrogen and oxygen atoms in total. The minimum absolute atomic E-state index is 0.320. The number of hydrogen-bond donors (Lipinski definition) is 0. The van der Waals surface area contributed by atoms with Gasteiger partial charge >= 0.3 is 0 Å². The molecule has 0 saturated carbocycles. The molecule has 0 N–H and O–H groups in total. The molecule has 1 unspecified atom stereocenters. The number of hydrogen-bond acceptors (Lipinski definition) is 2. The van der Waals surface area contributed by atoms with Gasteiger partial charge < -0.3 is 0 Å². The SMILES string of the molecule is C=CCC1(S(=O)(=O)c2ccc(Cl)cc2)CCCc2ccccc21. The molecule has 2 aromatic carbocycles. The number of sulfone groups is 1. The number of fused-ring (bicyclic) bond motifs is 1. The summed E-state index contributed by atoms with van der Waals surface area (Å²) in [5, 5.41) is 0.533. The molecule has 0 heterocycles. The van der Waals surface area contributed by atoms with Gasteiger partial charge in [-0.05, 0) is 61.1 Å². The summed E-state index contributed by atoms with van der Waals surface area (Å²) < 4.78 is 26.0. The van der Waals surface area contributed by atoms with Gasteiger partial charge in [-0.3, -0.25) is 0 Å². The van der Waals surface area contributed by atoms with Crippen molar-refractivity contribution in [2.75, 3.05) is 0 Å². The van der Waals surface area contributed by atoms with E-state index in [0.29, 0.717) is 22.8 Å². The fraction of sp³-hybridized carbons (Fsp3) is 0.263. The van der Waals surface area contributed by atoms with E-state index in [4.69, 9.17) is 11.6 Å². The third-order valence-electron chi connectivity index (χ3n) is 4.65. The van der Waals surface area contributed by atoms with E-state index in [-0.39, 0.29) is 0 Å². The van der Waals surface area contributed by atoms with Gasteiger partial charge in [-0.25, -0.2) is 8.42 Å². The minimum atomic E-state index is -3.55. The fourth-order valence-corrected chi connectivity index (χ4v) is 5.87. The number of benzene rings is 2. The second kappa shape index (κ2) is 6.14. The standard InChI is InChI=1S/C19H19ClO2S/c1-2-13-19(14-5-7-15-6-3-4-8-18(15)19)23(21,22)17-11-9-16(20)10-12-17/h2-4,6,8-12H,1,5,7,13-14H2. The van der Waals surface area contributed by atoms with Crippen LogP contribution in [0.5, 0.6) is 0 Å². The van der Waals surface area contributed by atoms with Crippen LogP contribution in [-0.2, 0) is 21.0 Å². The average molecular weight is 347 g/mol. The quantitative estimate of drug-likeness (QED) is 0.736. The Morgan fingerprint density at radius 3 is 2.52 bits per heavy atom. The maximum atomic E-state index is 13.5. The lowest BCUT2D eigenvalue weighted by molar-refractivity contribution is 0.458. The van der Waals surface area contributed by atoms with E-state index in [1.165, 1.54) is 0 Å². The van der Waals surface area contributed by atoms with Crippen molar-refractivity contribution < 1.29 is 8.42 Å². The molecule has 120 valence electrons. The second-order valence-corrected chi connectivity index (χ2v) is 8.65. The molecule has 0 aromatic heterocycles. The van der Waals surface area contributed by atoms with E-state index >= 15 is 0 Å². The maximum Gasteiger partial charge on any atom is 0.188 e. The van der Waals surface area contributed by atoms with Crippen LogP contribution < -0.4 is 0 Å². The van der Waals surface area contributed by atoms with Crippen molar-refractivity contribution in [2.24, 2.45) is 0 Å². The maximum absolute atomic E-state index is 13.5. The summed E-state index contributed by atoms with van der Waals surface area (Å²) in [6, 6.07) is 14.3. The molecule has 1 atom stereocenters. The Labute approximate surface area is 142 Å². The van der Waals surface area contributed by atoms with E-state index in [2.05, 4.69) is 6.58 Å². The van der Waals surface area contributed by atoms with Crippen LogP contribution in [-0.4, -0.2) is 8.42 Å². The van der Waals surface area contributed by atoms with Crippen LogP contribution >= 0.6 is 11.6 Å². The van der Waals surface area contributed by atoms with Crippen molar-refractivity contribution in [3.05, 3.63) is 77.3 Å². The van der Waals surface area contributed by atoms with Gasteiger partial charge in [0, 0.05) is 5.02 Å². The molecule has 1 aliphatic rings. The first-order valence-electron chi connectivity index (χ1n) is 7.71. The zero-order valence-electron chi connectivity index (χ0n) is 12.8. The first-order chi connectivity index (χ1) is 11.0. The second-order valence-electron chi connectivity index (χ2n) is 5.96. The molecule has 0 fully saturated rings. The highest BCUT2D eigenvalue weighted by molar-refractivity contribution is 7.92. The van der Waals surface area contributed by atoms with Crippen LogP contribution in [0.1, 0.15) is 30.4 Å². The van der Waals surface area contributed by atoms with Crippen molar-refractivity contribution >= 4 is 21.4 Å². The van der Waals surface area contributed by atoms with Crippen molar-refractivity contribution in [3.8, 4) is 0 Å². The Kier molecular flexibility index (Phi) is 4.35. The Hall–Kier alpha value is -1.58. The fourth-order valence-electron chi connectivity index (χ4n) is 3.56. The zero-order valence-corrected chi connectivity index (χ0v) is 14.4. The highest BCUT2D eigenvalue weighted by Gasteiger charge is 2.47. The third-order valence-corrected chi connectivity index (χ3v) is 7.41. The van der Waals surface area contributed by atoms with Crippen LogP contribution in [0.2, 0.25) is 5.02 Å². The van der Waals surface area contributed by atoms with Gasteiger partial charge in [0.1, 0.15) is 4.75 Å². The molecular formula is C19H19ClO2S. The van der Waals surface area contributed by atoms with Gasteiger partial charge in [0.05, 0.1) is 4.90 Å². The molecule has 4 heteroatoms. The highest BCUT2D eigenvalue weighted by Crippen LogP contribution is 2.47. The summed E-state index contributed by atoms with van der Waals surface area (Å²) in [6.07, 6.45) is 4.52. The lowest BCUT2D eigenvalue weighted by Gasteiger charge is -2.38. The normalized spacial score (nSPS) is 20.7. The van der Waals surface area contributed by atoms with Crippen LogP contribution in [0.25, 0.3) is 0 Å². The van der Waals surface area contributed by atoms with Gasteiger partial charge in [-0.15, -0.1) is 6.58 Å². The van der Waals surface area contributed by atoms with Gasteiger partial charge in [-0.2, -0.15) is 0 Å². The Bertz CT molecular complexity index is 825. The number of halogens is 1. The molecule has 2 aromatic rings. The lowest BCUT2D eigenvalue weighted by Crippen LogP contribution is -2.39. The number of allylic oxidation sites excluding steroid dienone is 1. The topological polar surface area (TPSA) is 34.1 Å². The van der Waals surface area contributed by atoms with Crippen LogP contribution in [0.15, 0.2) is 66.1 Å². The molecule has 0 saturated heterocycles. The van der Waals surface area contributed by atoms with E-state index in [0.717, 1.165) is 24.0 Å². The summed E-state index contributed by atoms with van der Waals surface area (Å²) >= 11 is 5.91. The number of rotatable bonds is 4. The van der Waals surface area contributed by atoms with E-state index in [9.17, 15) is 8.42 Å². The Balaban J connectivity index is 2.23. The first kappa shape index (κ1) is 16.3. The molecule has 0 aliphatic heterocycles. The summed E-state index contributed by atoms with van der Waals surface area (Å²) in [4.78, 5) is 0.320. The molecule has 0 spiro atoms. The van der Waals surface area contributed by atoms with Gasteiger partial charge in [0.15, 0.2) is 9.84 Å². The predicted octanol–water partition coefficient (Wildman–Crippen LogP) is 4.92. The largest absolute Gasteiger partial charge is 0.223 e. The Morgan fingerprint density at radius 2 is 1.83 bits per heavy atom. The van der Waals surface area contributed by atoms with Crippen molar-refractivity contribution in [1.29, 1.82) is 0 Å². The summed E-state index contributed by atoms with van der Waals surface area (Å²) in [5.74, 6) is 0. The molecule has 0 radical (unpaired) electrons. The highest BCUT2D eigenvalue weighted by atomic mass is 35.5. The minimum Gasteiger partial charge on any atom is -0.223 e. The van der Waals surface area contributed by atoms with E-state index in [1.54, 1.807) is 30.3 Å². The lowest BCUT2D eigenvalue weighted by atomic mass is 9.80. The van der Waals surface area contributed by atoms with Crippen LogP contribution in [0, 0.1) is 0 Å². The van der Waals surface area contributed by atoms with Crippen molar-refractivity contribution in [3.63, 3.8) is 0 Å². The first-order valence-corrected chi connectivity index (χ1v) is 9.57. The van der Waals surface area contributed by atoms with Crippen molar-refractivity contribution in [1.82, 2.24) is 0 Å². The summed E-state index contributed by atoms with van der Waals surface area (Å²) in [6.45, 7) is 3.81. The molecule has 3 rings (SSSR count). The monoisotopic (exact) mass is 346 g/mol. The molecular weight excluding hydrogens is 328 g/mol. The third kappa shape index (κ3) is 2.62. The molecule has 0 bridgehead atoms. The molecule has 1 aliphatic carbocycles. The van der Waals surface area contributed by atoms with Gasteiger partial charge in [0.25, 0.3) is 0 Å². The molecule has 0 amide bonds. The average Bonchev–Trinajstić information content (AvgIpc) is 2.55. The van der Waals surface area contributed by atoms with E-state index < -0.39 is 14.6 Å². The van der Waals surface area contributed by atoms with Gasteiger partial charge in [-0.1, -0.05) is 41.9 Å². The van der Waals surface area contributed by atoms with Crippen molar-refractivity contribution in [2.45, 2.75) is 35.3 Å². The Morgan fingerprint density at radius 1 is 1.13 bits per heavy atom. The predicted molar refractivity (Wildman–Crippen MR) is 94.5 cm³/mol.